The maximum absolute atomic E-state index is 13.7. The number of nitrogens with zero attached hydrogens (tertiary/aromatic N) is 3. The molecule has 1 aromatic heterocycles. The van der Waals surface area contributed by atoms with Gasteiger partial charge in [0.25, 0.3) is 5.91 Å². The zero-order chi connectivity index (χ0) is 14.4. The number of fused-ring (bicyclic) bond motifs is 1. The molecule has 1 aliphatic rings. The van der Waals surface area contributed by atoms with Crippen LogP contribution in [0.5, 0.6) is 0 Å². The molecule has 0 aliphatic carbocycles. The van der Waals surface area contributed by atoms with Gasteiger partial charge in [-0.25, -0.2) is 9.37 Å². The van der Waals surface area contributed by atoms with E-state index in [1.807, 2.05) is 0 Å². The molecule has 2 aromatic rings. The fourth-order valence-electron chi connectivity index (χ4n) is 2.57. The summed E-state index contributed by atoms with van der Waals surface area (Å²) in [5.41, 5.74) is 6.42. The zero-order valence-corrected chi connectivity index (χ0v) is 10.8. The topological polar surface area (TPSA) is 81.2 Å². The summed E-state index contributed by atoms with van der Waals surface area (Å²) in [5, 5.41) is 0. The van der Waals surface area contributed by atoms with Gasteiger partial charge in [0.1, 0.15) is 11.6 Å². The number of imidazole rings is 1. The van der Waals surface area contributed by atoms with Crippen molar-refractivity contribution in [3.63, 3.8) is 0 Å². The number of benzene rings is 1. The highest BCUT2D eigenvalue weighted by molar-refractivity contribution is 6.00. The van der Waals surface area contributed by atoms with Crippen molar-refractivity contribution in [2.75, 3.05) is 12.8 Å². The molecule has 1 aromatic carbocycles. The van der Waals surface area contributed by atoms with Crippen molar-refractivity contribution in [2.24, 2.45) is 0 Å². The van der Waals surface area contributed by atoms with E-state index in [0.29, 0.717) is 11.9 Å². The molecule has 1 saturated heterocycles. The lowest BCUT2D eigenvalue weighted by atomic mass is 10.0. The number of para-hydroxylation sites is 1. The van der Waals surface area contributed by atoms with Crippen LogP contribution in [0.4, 0.5) is 10.3 Å². The number of anilines is 1. The van der Waals surface area contributed by atoms with Crippen LogP contribution >= 0.6 is 0 Å². The number of nitrogen functional groups attached to an aromatic ring is 1. The Morgan fingerprint density at radius 1 is 1.40 bits per heavy atom. The lowest BCUT2D eigenvalue weighted by molar-refractivity contribution is -0.149. The van der Waals surface area contributed by atoms with Gasteiger partial charge < -0.3 is 5.73 Å². The summed E-state index contributed by atoms with van der Waals surface area (Å²) < 4.78 is 15.2. The van der Waals surface area contributed by atoms with Crippen LogP contribution in [0.3, 0.4) is 0 Å². The van der Waals surface area contributed by atoms with Crippen LogP contribution in [0.25, 0.3) is 11.0 Å². The van der Waals surface area contributed by atoms with E-state index in [2.05, 4.69) is 4.98 Å². The first-order valence-electron chi connectivity index (χ1n) is 6.23. The summed E-state index contributed by atoms with van der Waals surface area (Å²) in [5.74, 6) is -0.983. The number of nitrogens with two attached hydrogens (primary N) is 1. The zero-order valence-electron chi connectivity index (χ0n) is 10.8. The van der Waals surface area contributed by atoms with Crippen LogP contribution < -0.4 is 5.73 Å². The van der Waals surface area contributed by atoms with E-state index in [0.717, 1.165) is 4.90 Å². The third kappa shape index (κ3) is 1.66. The molecule has 2 heterocycles. The Hall–Kier alpha value is -2.44. The fraction of sp³-hybridized carbons (Fsp3) is 0.308. The molecule has 2 amide bonds. The molecule has 0 spiro atoms. The van der Waals surface area contributed by atoms with E-state index < -0.39 is 11.9 Å². The van der Waals surface area contributed by atoms with Crippen molar-refractivity contribution in [1.82, 2.24) is 14.5 Å². The van der Waals surface area contributed by atoms with E-state index in [4.69, 9.17) is 5.73 Å². The first-order valence-corrected chi connectivity index (χ1v) is 6.23. The van der Waals surface area contributed by atoms with Crippen molar-refractivity contribution < 1.29 is 14.0 Å². The van der Waals surface area contributed by atoms with Gasteiger partial charge in [0.05, 0.1) is 5.52 Å². The smallest absolute Gasteiger partial charge is 0.252 e. The maximum atomic E-state index is 13.7. The molecule has 2 N–H and O–H groups in total. The van der Waals surface area contributed by atoms with Gasteiger partial charge in [0, 0.05) is 13.5 Å². The molecule has 20 heavy (non-hydrogen) atoms. The Balaban J connectivity index is 2.15. The summed E-state index contributed by atoms with van der Waals surface area (Å²) in [6.07, 6.45) is 0.593. The molecule has 1 aliphatic heterocycles. The Morgan fingerprint density at radius 2 is 2.15 bits per heavy atom. The van der Waals surface area contributed by atoms with Gasteiger partial charge in [0.15, 0.2) is 5.82 Å². The van der Waals surface area contributed by atoms with Crippen molar-refractivity contribution >= 4 is 28.8 Å². The number of piperidine rings is 1. The quantitative estimate of drug-likeness (QED) is 0.790. The largest absolute Gasteiger partial charge is 0.369 e. The Labute approximate surface area is 114 Å². The number of imide groups is 1. The van der Waals surface area contributed by atoms with Gasteiger partial charge in [-0.15, -0.1) is 0 Å². The highest BCUT2D eigenvalue weighted by atomic mass is 19.1. The number of likely N-dealkylation sites (tertiary alicyclic amines) is 1. The number of halogens is 1. The minimum absolute atomic E-state index is 0.0752. The number of carbonyl (C=O) groups excluding carboxylic acids is 2. The van der Waals surface area contributed by atoms with E-state index in [1.165, 1.54) is 23.7 Å². The summed E-state index contributed by atoms with van der Waals surface area (Å²) in [7, 11) is 1.44. The van der Waals surface area contributed by atoms with Gasteiger partial charge in [-0.2, -0.15) is 0 Å². The highest BCUT2D eigenvalue weighted by Gasteiger charge is 2.35. The molecule has 1 fully saturated rings. The van der Waals surface area contributed by atoms with Gasteiger partial charge in [0.2, 0.25) is 11.9 Å². The average molecular weight is 276 g/mol. The summed E-state index contributed by atoms with van der Waals surface area (Å²) in [6, 6.07) is 3.87. The highest BCUT2D eigenvalue weighted by Crippen LogP contribution is 2.30. The number of carbonyl (C=O) groups is 2. The first kappa shape index (κ1) is 12.6. The number of hydrogen-bond donors (Lipinski definition) is 1. The Kier molecular flexibility index (Phi) is 2.70. The second-order valence-corrected chi connectivity index (χ2v) is 4.79. The molecule has 0 radical (unpaired) electrons. The lowest BCUT2D eigenvalue weighted by Gasteiger charge is -2.29. The van der Waals surface area contributed by atoms with Gasteiger partial charge >= 0.3 is 0 Å². The number of amides is 2. The van der Waals surface area contributed by atoms with Crippen LogP contribution in [-0.2, 0) is 9.59 Å². The minimum atomic E-state index is -0.621. The van der Waals surface area contributed by atoms with Gasteiger partial charge in [-0.05, 0) is 18.6 Å². The van der Waals surface area contributed by atoms with Gasteiger partial charge in [-0.1, -0.05) is 6.07 Å². The van der Waals surface area contributed by atoms with Crippen LogP contribution in [0.15, 0.2) is 18.2 Å². The summed E-state index contributed by atoms with van der Waals surface area (Å²) in [4.78, 5) is 28.8. The van der Waals surface area contributed by atoms with E-state index in [1.54, 1.807) is 6.07 Å². The van der Waals surface area contributed by atoms with Crippen molar-refractivity contribution in [3.05, 3.63) is 24.0 Å². The SMILES string of the molecule is CN1C(=O)CCC(n2c(N)nc3c(F)cccc32)C1=O. The molecule has 0 saturated carbocycles. The monoisotopic (exact) mass is 276 g/mol. The van der Waals surface area contributed by atoms with Crippen molar-refractivity contribution in [2.45, 2.75) is 18.9 Å². The molecule has 1 atom stereocenters. The van der Waals surface area contributed by atoms with Crippen LogP contribution in [0.2, 0.25) is 0 Å². The Morgan fingerprint density at radius 3 is 2.90 bits per heavy atom. The van der Waals surface area contributed by atoms with Crippen LogP contribution in [-0.4, -0.2) is 33.3 Å². The number of rotatable bonds is 1. The molecular formula is C13H13FN4O2. The predicted molar refractivity (Wildman–Crippen MR) is 70.2 cm³/mol. The van der Waals surface area contributed by atoms with Crippen LogP contribution in [0, 0.1) is 5.82 Å². The molecule has 6 nitrogen and oxygen atoms in total. The summed E-state index contributed by atoms with van der Waals surface area (Å²) >= 11 is 0. The standard InChI is InChI=1S/C13H13FN4O2/c1-17-10(19)6-5-9(12(17)20)18-8-4-2-3-7(14)11(8)16-13(18)15/h2-4,9H,5-6H2,1H3,(H2,15,16). The second-order valence-electron chi connectivity index (χ2n) is 4.79. The normalized spacial score (nSPS) is 19.9. The molecule has 7 heteroatoms. The second kappa shape index (κ2) is 4.29. The maximum Gasteiger partial charge on any atom is 0.252 e. The van der Waals surface area contributed by atoms with E-state index in [9.17, 15) is 14.0 Å². The lowest BCUT2D eigenvalue weighted by Crippen LogP contribution is -2.43. The Bertz CT molecular complexity index is 724. The molecule has 0 bridgehead atoms. The molecule has 1 unspecified atom stereocenters. The summed E-state index contributed by atoms with van der Waals surface area (Å²) in [6.45, 7) is 0. The minimum Gasteiger partial charge on any atom is -0.369 e. The predicted octanol–water partition coefficient (Wildman–Crippen LogP) is 1.08. The molecule has 3 rings (SSSR count). The molecule has 104 valence electrons. The molecular weight excluding hydrogens is 263 g/mol. The fourth-order valence-corrected chi connectivity index (χ4v) is 2.57. The van der Waals surface area contributed by atoms with Crippen molar-refractivity contribution in [1.29, 1.82) is 0 Å². The number of hydrogen-bond acceptors (Lipinski definition) is 4. The third-order valence-corrected chi connectivity index (χ3v) is 3.63. The van der Waals surface area contributed by atoms with Crippen molar-refractivity contribution in [3.8, 4) is 0 Å². The number of aromatic nitrogens is 2. The number of likely N-dealkylation sites (N-methyl/N-ethyl adjacent to an activating group) is 1. The van der Waals surface area contributed by atoms with E-state index >= 15 is 0 Å². The van der Waals surface area contributed by atoms with E-state index in [-0.39, 0.29) is 29.7 Å². The van der Waals surface area contributed by atoms with Gasteiger partial charge in [-0.3, -0.25) is 19.1 Å². The third-order valence-electron chi connectivity index (χ3n) is 3.63. The van der Waals surface area contributed by atoms with Crippen LogP contribution in [0.1, 0.15) is 18.9 Å². The first-order chi connectivity index (χ1) is 9.50. The average Bonchev–Trinajstić information content (AvgIpc) is 2.75.